The Morgan fingerprint density at radius 3 is 2.78 bits per heavy atom. The number of hydrazone groups is 1. The molecule has 2 aromatic rings. The molecule has 1 aromatic carbocycles. The van der Waals surface area contributed by atoms with Gasteiger partial charge < -0.3 is 9.30 Å². The number of aryl methyl sites for hydroxylation is 1. The second-order valence-electron chi connectivity index (χ2n) is 6.18. The molecule has 23 heavy (non-hydrogen) atoms. The first-order valence-electron chi connectivity index (χ1n) is 8.26. The average Bonchev–Trinajstić information content (AvgIpc) is 3.17. The standard InChI is InChI=1S/C19H25N3O/c1-15-12-17(13-20-21(3)18-8-5-4-6-9-18)16(2)22(15)14-19-10-7-11-23-19/h4-6,8-9,12-13,19H,7,10-11,14H2,1-3H3/b20-13-/t19-/m0/s1. The van der Waals surface area contributed by atoms with Crippen molar-refractivity contribution in [2.24, 2.45) is 5.10 Å². The van der Waals surface area contributed by atoms with Crippen molar-refractivity contribution in [3.63, 3.8) is 0 Å². The van der Waals surface area contributed by atoms with Crippen molar-refractivity contribution in [1.82, 2.24) is 4.57 Å². The molecule has 0 amide bonds. The number of aromatic nitrogens is 1. The third kappa shape index (κ3) is 3.64. The second-order valence-corrected chi connectivity index (χ2v) is 6.18. The summed E-state index contributed by atoms with van der Waals surface area (Å²) in [7, 11) is 1.97. The summed E-state index contributed by atoms with van der Waals surface area (Å²) in [6.07, 6.45) is 4.65. The van der Waals surface area contributed by atoms with Crippen LogP contribution in [0.15, 0.2) is 41.5 Å². The van der Waals surface area contributed by atoms with E-state index in [1.165, 1.54) is 23.4 Å². The molecule has 0 aliphatic carbocycles. The number of rotatable bonds is 5. The maximum Gasteiger partial charge on any atom is 0.0754 e. The van der Waals surface area contributed by atoms with E-state index in [2.05, 4.69) is 41.7 Å². The summed E-state index contributed by atoms with van der Waals surface area (Å²) in [4.78, 5) is 0. The normalized spacial score (nSPS) is 18.0. The van der Waals surface area contributed by atoms with Gasteiger partial charge in [-0.25, -0.2) is 0 Å². The van der Waals surface area contributed by atoms with Crippen molar-refractivity contribution in [3.05, 3.63) is 53.3 Å². The van der Waals surface area contributed by atoms with E-state index in [9.17, 15) is 0 Å². The van der Waals surface area contributed by atoms with Gasteiger partial charge in [0.25, 0.3) is 0 Å². The predicted molar refractivity (Wildman–Crippen MR) is 95.3 cm³/mol. The SMILES string of the molecule is Cc1cc(/C=N\N(C)c2ccccc2)c(C)n1C[C@@H]1CCCO1. The molecule has 4 heteroatoms. The van der Waals surface area contributed by atoms with Gasteiger partial charge in [-0.05, 0) is 44.9 Å². The van der Waals surface area contributed by atoms with Gasteiger partial charge in [-0.3, -0.25) is 5.01 Å². The van der Waals surface area contributed by atoms with Crippen LogP contribution in [0, 0.1) is 13.8 Å². The Hall–Kier alpha value is -2.07. The van der Waals surface area contributed by atoms with E-state index >= 15 is 0 Å². The van der Waals surface area contributed by atoms with Gasteiger partial charge in [0.1, 0.15) is 0 Å². The van der Waals surface area contributed by atoms with Crippen LogP contribution in [0.25, 0.3) is 0 Å². The lowest BCUT2D eigenvalue weighted by atomic mass is 10.2. The van der Waals surface area contributed by atoms with Crippen LogP contribution in [0.1, 0.15) is 29.8 Å². The number of hydrogen-bond donors (Lipinski definition) is 0. The molecule has 1 aliphatic heterocycles. The Morgan fingerprint density at radius 2 is 2.09 bits per heavy atom. The van der Waals surface area contributed by atoms with Gasteiger partial charge in [-0.15, -0.1) is 0 Å². The maximum atomic E-state index is 5.77. The molecule has 1 aromatic heterocycles. The highest BCUT2D eigenvalue weighted by atomic mass is 16.5. The zero-order chi connectivity index (χ0) is 16.2. The largest absolute Gasteiger partial charge is 0.376 e. The van der Waals surface area contributed by atoms with E-state index in [1.807, 2.05) is 36.5 Å². The molecule has 1 atom stereocenters. The lowest BCUT2D eigenvalue weighted by Crippen LogP contribution is -2.17. The number of nitrogens with zero attached hydrogens (tertiary/aromatic N) is 3. The summed E-state index contributed by atoms with van der Waals surface area (Å²) in [5.41, 5.74) is 4.77. The van der Waals surface area contributed by atoms with Crippen molar-refractivity contribution in [3.8, 4) is 0 Å². The first-order valence-corrected chi connectivity index (χ1v) is 8.26. The molecule has 2 heterocycles. The maximum absolute atomic E-state index is 5.77. The molecule has 1 aliphatic rings. The van der Waals surface area contributed by atoms with Crippen LogP contribution in [0.5, 0.6) is 0 Å². The van der Waals surface area contributed by atoms with Crippen molar-refractivity contribution in [1.29, 1.82) is 0 Å². The summed E-state index contributed by atoms with van der Waals surface area (Å²) in [5.74, 6) is 0. The fraction of sp³-hybridized carbons (Fsp3) is 0.421. The highest BCUT2D eigenvalue weighted by Crippen LogP contribution is 2.20. The smallest absolute Gasteiger partial charge is 0.0754 e. The highest BCUT2D eigenvalue weighted by Gasteiger charge is 2.18. The van der Waals surface area contributed by atoms with Crippen LogP contribution >= 0.6 is 0 Å². The van der Waals surface area contributed by atoms with E-state index in [-0.39, 0.29) is 0 Å². The molecule has 0 bridgehead atoms. The van der Waals surface area contributed by atoms with E-state index in [0.717, 1.165) is 25.3 Å². The highest BCUT2D eigenvalue weighted by molar-refractivity contribution is 5.82. The molecule has 3 rings (SSSR count). The van der Waals surface area contributed by atoms with Gasteiger partial charge in [-0.1, -0.05) is 18.2 Å². The van der Waals surface area contributed by atoms with Crippen LogP contribution in [-0.4, -0.2) is 30.5 Å². The Balaban J connectivity index is 1.74. The number of para-hydroxylation sites is 1. The summed E-state index contributed by atoms with van der Waals surface area (Å²) in [5, 5.41) is 6.47. The number of ether oxygens (including phenoxy) is 1. The molecular formula is C19H25N3O. The van der Waals surface area contributed by atoms with Gasteiger partial charge >= 0.3 is 0 Å². The summed E-state index contributed by atoms with van der Waals surface area (Å²) in [6.45, 7) is 6.16. The topological polar surface area (TPSA) is 29.8 Å². The Bertz CT molecular complexity index is 669. The van der Waals surface area contributed by atoms with E-state index in [0.29, 0.717) is 6.10 Å². The number of anilines is 1. The van der Waals surface area contributed by atoms with Gasteiger partial charge in [0, 0.05) is 37.2 Å². The van der Waals surface area contributed by atoms with Crippen molar-refractivity contribution in [2.75, 3.05) is 18.7 Å². The van der Waals surface area contributed by atoms with E-state index < -0.39 is 0 Å². The molecule has 122 valence electrons. The lowest BCUT2D eigenvalue weighted by Gasteiger charge is -2.15. The molecule has 0 radical (unpaired) electrons. The van der Waals surface area contributed by atoms with Crippen molar-refractivity contribution < 1.29 is 4.74 Å². The van der Waals surface area contributed by atoms with Gasteiger partial charge in [0.15, 0.2) is 0 Å². The number of benzene rings is 1. The van der Waals surface area contributed by atoms with Crippen LogP contribution in [0.2, 0.25) is 0 Å². The Kier molecular flexibility index (Phi) is 4.82. The summed E-state index contributed by atoms with van der Waals surface area (Å²) >= 11 is 0. The fourth-order valence-electron chi connectivity index (χ4n) is 3.09. The molecule has 4 nitrogen and oxygen atoms in total. The zero-order valence-electron chi connectivity index (χ0n) is 14.2. The number of hydrogen-bond acceptors (Lipinski definition) is 3. The molecule has 0 unspecified atom stereocenters. The van der Waals surface area contributed by atoms with Crippen molar-refractivity contribution in [2.45, 2.75) is 39.3 Å². The summed E-state index contributed by atoms with van der Waals surface area (Å²) in [6, 6.07) is 12.4. The van der Waals surface area contributed by atoms with Gasteiger partial charge in [-0.2, -0.15) is 5.10 Å². The fourth-order valence-corrected chi connectivity index (χ4v) is 3.09. The molecule has 1 fully saturated rings. The molecular weight excluding hydrogens is 286 g/mol. The Labute approximate surface area is 138 Å². The average molecular weight is 311 g/mol. The third-order valence-electron chi connectivity index (χ3n) is 4.52. The first kappa shape index (κ1) is 15.8. The quantitative estimate of drug-likeness (QED) is 0.622. The van der Waals surface area contributed by atoms with E-state index in [4.69, 9.17) is 4.74 Å². The molecule has 1 saturated heterocycles. The van der Waals surface area contributed by atoms with Crippen LogP contribution in [0.3, 0.4) is 0 Å². The first-order chi connectivity index (χ1) is 11.1. The Morgan fingerprint density at radius 1 is 1.30 bits per heavy atom. The van der Waals surface area contributed by atoms with Crippen LogP contribution < -0.4 is 5.01 Å². The minimum Gasteiger partial charge on any atom is -0.376 e. The zero-order valence-corrected chi connectivity index (χ0v) is 14.2. The third-order valence-corrected chi connectivity index (χ3v) is 4.52. The van der Waals surface area contributed by atoms with Crippen molar-refractivity contribution >= 4 is 11.9 Å². The van der Waals surface area contributed by atoms with Gasteiger partial charge in [0.05, 0.1) is 18.0 Å². The van der Waals surface area contributed by atoms with E-state index in [1.54, 1.807) is 0 Å². The molecule has 0 saturated carbocycles. The van der Waals surface area contributed by atoms with Crippen LogP contribution in [-0.2, 0) is 11.3 Å². The molecule has 0 spiro atoms. The lowest BCUT2D eigenvalue weighted by molar-refractivity contribution is 0.0962. The minimum atomic E-state index is 0.358. The molecule has 0 N–H and O–H groups in total. The minimum absolute atomic E-state index is 0.358. The van der Waals surface area contributed by atoms with Crippen LogP contribution in [0.4, 0.5) is 5.69 Å². The predicted octanol–water partition coefficient (Wildman–Crippen LogP) is 3.75. The second kappa shape index (κ2) is 7.01. The monoisotopic (exact) mass is 311 g/mol. The van der Waals surface area contributed by atoms with Gasteiger partial charge in [0.2, 0.25) is 0 Å². The summed E-state index contributed by atoms with van der Waals surface area (Å²) < 4.78 is 8.12.